The second kappa shape index (κ2) is 11.7. The van der Waals surface area contributed by atoms with Gasteiger partial charge in [-0.05, 0) is 35.7 Å². The van der Waals surface area contributed by atoms with Crippen LogP contribution in [0.15, 0.2) is 24.3 Å². The van der Waals surface area contributed by atoms with E-state index in [4.69, 9.17) is 18.9 Å². The van der Waals surface area contributed by atoms with E-state index in [9.17, 15) is 19.1 Å². The number of rotatable bonds is 9. The Balaban J connectivity index is 1.59. The molecule has 0 aromatic heterocycles. The third kappa shape index (κ3) is 5.61. The number of carbonyl (C=O) groups excluding carboxylic acids is 2. The summed E-state index contributed by atoms with van der Waals surface area (Å²) in [4.78, 5) is 25.5. The van der Waals surface area contributed by atoms with Crippen molar-refractivity contribution in [3.63, 3.8) is 0 Å². The molecule has 0 aliphatic carbocycles. The van der Waals surface area contributed by atoms with E-state index in [2.05, 4.69) is 10.6 Å². The van der Waals surface area contributed by atoms with Crippen LogP contribution in [-0.2, 0) is 22.3 Å². The number of carbonyl (C=O) groups is 2. The first-order chi connectivity index (χ1) is 17.4. The predicted molar refractivity (Wildman–Crippen MR) is 128 cm³/mol. The molecule has 3 N–H and O–H groups in total. The summed E-state index contributed by atoms with van der Waals surface area (Å²) in [6.45, 7) is 1.67. The Kier molecular flexibility index (Phi) is 8.40. The molecule has 2 heterocycles. The average molecular weight is 503 g/mol. The molecular weight excluding hydrogens is 471 g/mol. The second-order valence-electron chi connectivity index (χ2n) is 8.77. The number of hydrogen-bond donors (Lipinski definition) is 3. The van der Waals surface area contributed by atoms with Crippen LogP contribution in [0.3, 0.4) is 0 Å². The van der Waals surface area contributed by atoms with Crippen molar-refractivity contribution in [3.05, 3.63) is 57.9 Å². The summed E-state index contributed by atoms with van der Waals surface area (Å²) in [6.07, 6.45) is 0.566. The van der Waals surface area contributed by atoms with Gasteiger partial charge in [0, 0.05) is 38.7 Å². The van der Waals surface area contributed by atoms with Gasteiger partial charge in [0.25, 0.3) is 11.8 Å². The minimum Gasteiger partial charge on any atom is -0.495 e. The normalized spacial score (nSPS) is 18.8. The Bertz CT molecular complexity index is 1120. The molecule has 1 fully saturated rings. The van der Waals surface area contributed by atoms with Crippen LogP contribution in [0.4, 0.5) is 4.39 Å². The number of aliphatic hydroxyl groups is 1. The molecule has 9 nitrogen and oxygen atoms in total. The first-order valence-electron chi connectivity index (χ1n) is 11.9. The zero-order valence-corrected chi connectivity index (χ0v) is 20.4. The fraction of sp³-hybridized carbons (Fsp3) is 0.462. The summed E-state index contributed by atoms with van der Waals surface area (Å²) < 4.78 is 36.4. The predicted octanol–water partition coefficient (Wildman–Crippen LogP) is 1.62. The smallest absolute Gasteiger partial charge is 0.255 e. The molecule has 0 bridgehead atoms. The summed E-state index contributed by atoms with van der Waals surface area (Å²) in [5.74, 6) is -0.474. The maximum absolute atomic E-state index is 14.8. The SMILES string of the molecule is COCCNC(=O)c1ccc(Cc2cc(C(=O)N[C@H]3CCOC[C@@H]3O)c(OC)c3c2OCC3)cc1F. The van der Waals surface area contributed by atoms with Gasteiger partial charge in [0.2, 0.25) is 0 Å². The highest BCUT2D eigenvalue weighted by molar-refractivity contribution is 5.98. The van der Waals surface area contributed by atoms with Crippen LogP contribution in [0.25, 0.3) is 0 Å². The van der Waals surface area contributed by atoms with Gasteiger partial charge in [-0.15, -0.1) is 0 Å². The van der Waals surface area contributed by atoms with Gasteiger partial charge < -0.3 is 34.7 Å². The number of amides is 2. The number of benzene rings is 2. The van der Waals surface area contributed by atoms with Gasteiger partial charge in [-0.1, -0.05) is 6.07 Å². The van der Waals surface area contributed by atoms with E-state index < -0.39 is 23.9 Å². The summed E-state index contributed by atoms with van der Waals surface area (Å²) in [5, 5.41) is 15.7. The Morgan fingerprint density at radius 2 is 2.00 bits per heavy atom. The third-order valence-corrected chi connectivity index (χ3v) is 6.36. The topological polar surface area (TPSA) is 115 Å². The molecule has 2 aliphatic heterocycles. The van der Waals surface area contributed by atoms with E-state index in [0.717, 1.165) is 5.56 Å². The van der Waals surface area contributed by atoms with Crippen LogP contribution in [0.2, 0.25) is 0 Å². The number of nitrogens with one attached hydrogen (secondary N) is 2. The number of aliphatic hydroxyl groups excluding tert-OH is 1. The molecule has 2 aromatic carbocycles. The monoisotopic (exact) mass is 502 g/mol. The lowest BCUT2D eigenvalue weighted by molar-refractivity contribution is -0.0261. The van der Waals surface area contributed by atoms with E-state index in [0.29, 0.717) is 60.9 Å². The van der Waals surface area contributed by atoms with Crippen molar-refractivity contribution in [2.45, 2.75) is 31.4 Å². The van der Waals surface area contributed by atoms with Gasteiger partial charge in [-0.2, -0.15) is 0 Å². The standard InChI is InChI=1S/C26H31FN2O7/c1-33-10-7-28-25(31)17-4-3-15(12-20(17)27)11-16-13-19(24(34-2)18-5-9-36-23(16)18)26(32)29-21-6-8-35-14-22(21)30/h3-4,12-13,21-22,30H,5-11,14H2,1-2H3,(H,28,31)(H,29,32)/t21-,22-/m0/s1. The van der Waals surface area contributed by atoms with Gasteiger partial charge in [0.15, 0.2) is 0 Å². The number of fused-ring (bicyclic) bond motifs is 1. The Morgan fingerprint density at radius 1 is 1.17 bits per heavy atom. The lowest BCUT2D eigenvalue weighted by atomic mass is 9.95. The Morgan fingerprint density at radius 3 is 2.72 bits per heavy atom. The van der Waals surface area contributed by atoms with Crippen molar-refractivity contribution in [2.75, 3.05) is 47.2 Å². The van der Waals surface area contributed by atoms with Gasteiger partial charge >= 0.3 is 0 Å². The average Bonchev–Trinajstić information content (AvgIpc) is 3.36. The maximum atomic E-state index is 14.8. The summed E-state index contributed by atoms with van der Waals surface area (Å²) in [5.41, 5.74) is 2.38. The molecule has 2 amide bonds. The van der Waals surface area contributed by atoms with Crippen molar-refractivity contribution >= 4 is 11.8 Å². The van der Waals surface area contributed by atoms with Gasteiger partial charge in [0.1, 0.15) is 17.3 Å². The lowest BCUT2D eigenvalue weighted by Crippen LogP contribution is -2.48. The molecule has 2 aliphatic rings. The van der Waals surface area contributed by atoms with Crippen molar-refractivity contribution in [1.82, 2.24) is 10.6 Å². The largest absolute Gasteiger partial charge is 0.495 e. The van der Waals surface area contributed by atoms with Crippen LogP contribution in [0.5, 0.6) is 11.5 Å². The van der Waals surface area contributed by atoms with Crippen LogP contribution in [0.1, 0.15) is 43.8 Å². The maximum Gasteiger partial charge on any atom is 0.255 e. The molecule has 4 rings (SSSR count). The number of ether oxygens (including phenoxy) is 4. The van der Waals surface area contributed by atoms with E-state index in [1.165, 1.54) is 26.4 Å². The number of methoxy groups -OCH3 is 2. The van der Waals surface area contributed by atoms with Crippen molar-refractivity contribution in [1.29, 1.82) is 0 Å². The molecule has 10 heteroatoms. The van der Waals surface area contributed by atoms with Crippen LogP contribution >= 0.6 is 0 Å². The van der Waals surface area contributed by atoms with Crippen molar-refractivity contribution in [3.8, 4) is 11.5 Å². The molecule has 0 unspecified atom stereocenters. The highest BCUT2D eigenvalue weighted by atomic mass is 19.1. The first-order valence-corrected chi connectivity index (χ1v) is 11.9. The van der Waals surface area contributed by atoms with E-state index in [1.54, 1.807) is 12.1 Å². The molecular formula is C26H31FN2O7. The van der Waals surface area contributed by atoms with E-state index >= 15 is 0 Å². The minimum atomic E-state index is -0.792. The third-order valence-electron chi connectivity index (χ3n) is 6.36. The van der Waals surface area contributed by atoms with Crippen LogP contribution in [0, 0.1) is 5.82 Å². The van der Waals surface area contributed by atoms with Crippen molar-refractivity contribution < 1.29 is 38.0 Å². The van der Waals surface area contributed by atoms with Crippen molar-refractivity contribution in [2.24, 2.45) is 0 Å². The second-order valence-corrected chi connectivity index (χ2v) is 8.77. The highest BCUT2D eigenvalue weighted by Gasteiger charge is 2.30. The molecule has 0 saturated carbocycles. The lowest BCUT2D eigenvalue weighted by Gasteiger charge is -2.28. The molecule has 0 radical (unpaired) electrons. The molecule has 2 atom stereocenters. The summed E-state index contributed by atoms with van der Waals surface area (Å²) in [7, 11) is 3.02. The molecule has 0 spiro atoms. The number of halogens is 1. The molecule has 36 heavy (non-hydrogen) atoms. The Hall–Kier alpha value is -3.21. The van der Waals surface area contributed by atoms with Crippen LogP contribution in [-0.4, -0.2) is 76.3 Å². The molecule has 1 saturated heterocycles. The molecule has 194 valence electrons. The van der Waals surface area contributed by atoms with E-state index in [-0.39, 0.29) is 31.0 Å². The zero-order valence-electron chi connectivity index (χ0n) is 20.4. The molecule has 2 aromatic rings. The summed E-state index contributed by atoms with van der Waals surface area (Å²) >= 11 is 0. The van der Waals surface area contributed by atoms with Gasteiger partial charge in [0.05, 0.1) is 50.2 Å². The van der Waals surface area contributed by atoms with E-state index in [1.807, 2.05) is 0 Å². The van der Waals surface area contributed by atoms with Gasteiger partial charge in [-0.3, -0.25) is 9.59 Å². The van der Waals surface area contributed by atoms with Gasteiger partial charge in [-0.25, -0.2) is 4.39 Å². The van der Waals surface area contributed by atoms with Crippen LogP contribution < -0.4 is 20.1 Å². The highest BCUT2D eigenvalue weighted by Crippen LogP contribution is 2.40. The first kappa shape index (κ1) is 25.9. The zero-order chi connectivity index (χ0) is 25.7. The summed E-state index contributed by atoms with van der Waals surface area (Å²) in [6, 6.07) is 5.69. The fourth-order valence-electron chi connectivity index (χ4n) is 4.53. The Labute approximate surface area is 208 Å². The number of hydrogen-bond acceptors (Lipinski definition) is 7. The fourth-order valence-corrected chi connectivity index (χ4v) is 4.53. The quantitative estimate of drug-likeness (QED) is 0.447. The minimum absolute atomic E-state index is 0.0545.